The third-order valence-corrected chi connectivity index (χ3v) is 4.02. The number of pyridine rings is 1. The van der Waals surface area contributed by atoms with Crippen molar-refractivity contribution in [3.8, 4) is 5.88 Å². The number of halogens is 3. The first-order valence-electron chi connectivity index (χ1n) is 8.74. The number of aliphatic imine (C=N–C) groups is 1. The largest absolute Gasteiger partial charge is 0.468 e. The summed E-state index contributed by atoms with van der Waals surface area (Å²) in [6.45, 7) is -0.335. The van der Waals surface area contributed by atoms with Crippen molar-refractivity contribution in [2.75, 3.05) is 20.2 Å². The predicted molar refractivity (Wildman–Crippen MR) is 95.2 cm³/mol. The normalized spacial score (nSPS) is 15.4. The van der Waals surface area contributed by atoms with Crippen LogP contribution in [0.5, 0.6) is 5.88 Å². The Hall–Kier alpha value is -2.25. The molecule has 0 saturated carbocycles. The first kappa shape index (κ1) is 20.1. The van der Waals surface area contributed by atoms with Crippen molar-refractivity contribution in [1.29, 1.82) is 0 Å². The topological polar surface area (TPSA) is 58.5 Å². The third kappa shape index (κ3) is 7.33. The van der Waals surface area contributed by atoms with E-state index in [1.165, 1.54) is 24.6 Å². The molecule has 2 N–H and O–H groups in total. The number of alkyl halides is 3. The van der Waals surface area contributed by atoms with Crippen LogP contribution in [0, 0.1) is 0 Å². The molecule has 0 amide bonds. The number of nitrogens with zero attached hydrogens (tertiary/aromatic N) is 2. The van der Waals surface area contributed by atoms with E-state index in [0.29, 0.717) is 11.5 Å². The zero-order chi connectivity index (χ0) is 18.8. The lowest BCUT2D eigenvalue weighted by Gasteiger charge is -2.16. The molecule has 0 radical (unpaired) electrons. The summed E-state index contributed by atoms with van der Waals surface area (Å²) in [5, 5.41) is 6.30. The quantitative estimate of drug-likeness (QED) is 0.438. The summed E-state index contributed by atoms with van der Waals surface area (Å²) in [4.78, 5) is 8.01. The number of nitrogens with one attached hydrogen (secondary N) is 2. The van der Waals surface area contributed by atoms with Crippen molar-refractivity contribution in [3.05, 3.63) is 35.5 Å². The van der Waals surface area contributed by atoms with Crippen LogP contribution in [-0.4, -0.2) is 37.3 Å². The molecule has 8 heteroatoms. The molecule has 0 bridgehead atoms. The highest BCUT2D eigenvalue weighted by Crippen LogP contribution is 2.20. The second-order valence-electron chi connectivity index (χ2n) is 6.08. The molecule has 144 valence electrons. The van der Waals surface area contributed by atoms with Crippen LogP contribution in [-0.2, 0) is 6.54 Å². The summed E-state index contributed by atoms with van der Waals surface area (Å²) >= 11 is 0. The summed E-state index contributed by atoms with van der Waals surface area (Å²) in [6, 6.07) is 3.33. The van der Waals surface area contributed by atoms with Gasteiger partial charge in [-0.15, -0.1) is 0 Å². The molecule has 0 aromatic carbocycles. The van der Waals surface area contributed by atoms with Gasteiger partial charge in [-0.25, -0.2) is 4.98 Å². The van der Waals surface area contributed by atoms with Crippen LogP contribution in [0.15, 0.2) is 35.0 Å². The van der Waals surface area contributed by atoms with E-state index in [2.05, 4.69) is 26.7 Å². The molecule has 0 aliphatic heterocycles. The van der Waals surface area contributed by atoms with Crippen molar-refractivity contribution in [3.63, 3.8) is 0 Å². The van der Waals surface area contributed by atoms with Crippen molar-refractivity contribution < 1.29 is 17.9 Å². The van der Waals surface area contributed by atoms with Gasteiger partial charge >= 0.3 is 6.18 Å². The molecular weight excluding hydrogens is 345 g/mol. The van der Waals surface area contributed by atoms with Gasteiger partial charge in [-0.1, -0.05) is 17.7 Å². The Morgan fingerprint density at radius 1 is 1.31 bits per heavy atom. The van der Waals surface area contributed by atoms with Gasteiger partial charge in [-0.2, -0.15) is 13.2 Å². The molecule has 1 heterocycles. The summed E-state index contributed by atoms with van der Waals surface area (Å²) in [5.74, 6) is 0.562. The number of rotatable bonds is 7. The number of ether oxygens (including phenoxy) is 1. The molecule has 0 saturated heterocycles. The minimum absolute atomic E-state index is 0.0276. The smallest absolute Gasteiger partial charge is 0.422 e. The van der Waals surface area contributed by atoms with Crippen LogP contribution < -0.4 is 15.4 Å². The molecule has 1 aliphatic carbocycles. The van der Waals surface area contributed by atoms with E-state index in [1.54, 1.807) is 19.2 Å². The highest BCUT2D eigenvalue weighted by atomic mass is 19.4. The van der Waals surface area contributed by atoms with Crippen molar-refractivity contribution >= 4 is 5.96 Å². The Balaban J connectivity index is 1.81. The van der Waals surface area contributed by atoms with Gasteiger partial charge in [0.15, 0.2) is 12.6 Å². The Labute approximate surface area is 151 Å². The molecule has 0 atom stereocenters. The summed E-state index contributed by atoms with van der Waals surface area (Å²) in [6.07, 6.45) is 5.11. The molecule has 2 rings (SSSR count). The number of aromatic nitrogens is 1. The van der Waals surface area contributed by atoms with Crippen molar-refractivity contribution in [2.24, 2.45) is 4.99 Å². The zero-order valence-corrected chi connectivity index (χ0v) is 14.9. The van der Waals surface area contributed by atoms with Crippen LogP contribution in [0.3, 0.4) is 0 Å². The van der Waals surface area contributed by atoms with Gasteiger partial charge in [0, 0.05) is 31.9 Å². The van der Waals surface area contributed by atoms with Gasteiger partial charge in [0.2, 0.25) is 5.88 Å². The Morgan fingerprint density at radius 2 is 2.15 bits per heavy atom. The molecule has 1 aromatic rings. The number of hydrogen-bond acceptors (Lipinski definition) is 3. The fourth-order valence-corrected chi connectivity index (χ4v) is 2.71. The second-order valence-corrected chi connectivity index (χ2v) is 6.08. The van der Waals surface area contributed by atoms with E-state index in [4.69, 9.17) is 4.74 Å². The maximum Gasteiger partial charge on any atom is 0.422 e. The standard InChI is InChI=1S/C18H25F3N4O/c1-22-17(24-11-9-14-6-3-2-4-7-14)25-12-15-8-5-10-23-16(15)26-13-18(19,20)21/h5-6,8,10H,2-4,7,9,11-13H2,1H3,(H2,22,24,25). The summed E-state index contributed by atoms with van der Waals surface area (Å²) in [5.41, 5.74) is 2.00. The van der Waals surface area contributed by atoms with Crippen LogP contribution in [0.25, 0.3) is 0 Å². The minimum atomic E-state index is -4.40. The highest BCUT2D eigenvalue weighted by Gasteiger charge is 2.29. The molecule has 0 unspecified atom stereocenters. The lowest BCUT2D eigenvalue weighted by Crippen LogP contribution is -2.37. The number of allylic oxidation sites excluding steroid dienone is 1. The van der Waals surface area contributed by atoms with Gasteiger partial charge in [-0.3, -0.25) is 4.99 Å². The third-order valence-electron chi connectivity index (χ3n) is 4.02. The van der Waals surface area contributed by atoms with Crippen molar-refractivity contribution in [2.45, 2.75) is 44.8 Å². The lowest BCUT2D eigenvalue weighted by atomic mass is 9.97. The first-order valence-corrected chi connectivity index (χ1v) is 8.74. The molecule has 26 heavy (non-hydrogen) atoms. The van der Waals surface area contributed by atoms with Crippen LogP contribution in [0.1, 0.15) is 37.7 Å². The molecule has 5 nitrogen and oxygen atoms in total. The molecule has 0 fully saturated rings. The minimum Gasteiger partial charge on any atom is -0.468 e. The van der Waals surface area contributed by atoms with Gasteiger partial charge in [-0.05, 0) is 38.2 Å². The molecule has 0 spiro atoms. The van der Waals surface area contributed by atoms with E-state index >= 15 is 0 Å². The van der Waals surface area contributed by atoms with E-state index in [1.807, 2.05) is 0 Å². The van der Waals surface area contributed by atoms with E-state index in [-0.39, 0.29) is 12.4 Å². The van der Waals surface area contributed by atoms with Crippen LogP contribution in [0.4, 0.5) is 13.2 Å². The Kier molecular flexibility index (Phi) is 7.74. The fourth-order valence-electron chi connectivity index (χ4n) is 2.71. The van der Waals surface area contributed by atoms with Gasteiger partial charge in [0.25, 0.3) is 0 Å². The average molecular weight is 370 g/mol. The lowest BCUT2D eigenvalue weighted by molar-refractivity contribution is -0.154. The highest BCUT2D eigenvalue weighted by molar-refractivity contribution is 5.79. The van der Waals surface area contributed by atoms with E-state index < -0.39 is 12.8 Å². The Morgan fingerprint density at radius 3 is 2.85 bits per heavy atom. The first-order chi connectivity index (χ1) is 12.5. The zero-order valence-electron chi connectivity index (χ0n) is 14.9. The van der Waals surface area contributed by atoms with Crippen molar-refractivity contribution in [1.82, 2.24) is 15.6 Å². The van der Waals surface area contributed by atoms with E-state index in [0.717, 1.165) is 25.8 Å². The average Bonchev–Trinajstić information content (AvgIpc) is 2.63. The molecule has 1 aliphatic rings. The van der Waals surface area contributed by atoms with Gasteiger partial charge in [0.1, 0.15) is 0 Å². The van der Waals surface area contributed by atoms with E-state index in [9.17, 15) is 13.2 Å². The number of hydrogen-bond donors (Lipinski definition) is 2. The molecule has 1 aromatic heterocycles. The van der Waals surface area contributed by atoms with Gasteiger partial charge in [0.05, 0.1) is 0 Å². The SMILES string of the molecule is CN=C(NCCC1=CCCCC1)NCc1cccnc1OCC(F)(F)F. The van der Waals surface area contributed by atoms with Crippen LogP contribution >= 0.6 is 0 Å². The maximum absolute atomic E-state index is 12.3. The second kappa shape index (κ2) is 10.0. The summed E-state index contributed by atoms with van der Waals surface area (Å²) in [7, 11) is 1.65. The summed E-state index contributed by atoms with van der Waals surface area (Å²) < 4.78 is 41.8. The molecular formula is C18H25F3N4O. The Bertz CT molecular complexity index is 629. The van der Waals surface area contributed by atoms with Gasteiger partial charge < -0.3 is 15.4 Å². The van der Waals surface area contributed by atoms with Crippen LogP contribution in [0.2, 0.25) is 0 Å². The fraction of sp³-hybridized carbons (Fsp3) is 0.556. The monoisotopic (exact) mass is 370 g/mol. The predicted octanol–water partition coefficient (Wildman–Crippen LogP) is 3.58. The number of guanidine groups is 1. The maximum atomic E-state index is 12.3.